The van der Waals surface area contributed by atoms with E-state index < -0.39 is 0 Å². The van der Waals surface area contributed by atoms with Crippen molar-refractivity contribution in [3.05, 3.63) is 23.5 Å². The van der Waals surface area contributed by atoms with E-state index in [1.54, 1.807) is 12.4 Å². The molecule has 17 heavy (non-hydrogen) atoms. The molecule has 0 radical (unpaired) electrons. The Morgan fingerprint density at radius 2 is 2.41 bits per heavy atom. The molecule has 1 aromatic rings. The molecule has 0 amide bonds. The number of likely N-dealkylation sites (N-methyl/N-ethyl adjacent to an activating group) is 1. The van der Waals surface area contributed by atoms with Crippen LogP contribution in [0, 0.1) is 0 Å². The van der Waals surface area contributed by atoms with Crippen molar-refractivity contribution in [3.8, 4) is 0 Å². The van der Waals surface area contributed by atoms with Crippen molar-refractivity contribution in [1.82, 2.24) is 10.3 Å². The van der Waals surface area contributed by atoms with Crippen LogP contribution in [-0.4, -0.2) is 30.7 Å². The van der Waals surface area contributed by atoms with Crippen LogP contribution in [0.1, 0.15) is 26.2 Å². The number of halogens is 1. The molecule has 1 atom stereocenters. The normalized spacial score (nSPS) is 20.2. The van der Waals surface area contributed by atoms with Gasteiger partial charge in [0, 0.05) is 31.5 Å². The Morgan fingerprint density at radius 3 is 3.06 bits per heavy atom. The average Bonchev–Trinajstić information content (AvgIpc) is 2.38. The largest absolute Gasteiger partial charge is 0.369 e. The van der Waals surface area contributed by atoms with Crippen molar-refractivity contribution < 1.29 is 0 Å². The molecule has 1 aromatic heterocycles. The average molecular weight is 254 g/mol. The van der Waals surface area contributed by atoms with Gasteiger partial charge in [0.05, 0.1) is 10.7 Å². The minimum absolute atomic E-state index is 0.591. The third kappa shape index (κ3) is 3.33. The fourth-order valence-electron chi connectivity index (χ4n) is 2.37. The lowest BCUT2D eigenvalue weighted by atomic mass is 10.0. The molecule has 0 saturated carbocycles. The van der Waals surface area contributed by atoms with E-state index >= 15 is 0 Å². The monoisotopic (exact) mass is 253 g/mol. The van der Waals surface area contributed by atoms with Crippen LogP contribution in [-0.2, 0) is 0 Å². The minimum Gasteiger partial charge on any atom is -0.369 e. The van der Waals surface area contributed by atoms with Crippen molar-refractivity contribution in [2.75, 3.05) is 24.5 Å². The lowest BCUT2D eigenvalue weighted by Gasteiger charge is -2.31. The van der Waals surface area contributed by atoms with Crippen LogP contribution in [0.2, 0.25) is 5.02 Å². The number of piperidine rings is 1. The lowest BCUT2D eigenvalue weighted by molar-refractivity contribution is 0.400. The summed E-state index contributed by atoms with van der Waals surface area (Å²) in [5.41, 5.74) is 1.09. The summed E-state index contributed by atoms with van der Waals surface area (Å²) >= 11 is 6.19. The smallest absolute Gasteiger partial charge is 0.0822 e. The van der Waals surface area contributed by atoms with Crippen molar-refractivity contribution in [1.29, 1.82) is 0 Å². The first-order valence-corrected chi connectivity index (χ1v) is 6.77. The maximum Gasteiger partial charge on any atom is 0.0822 e. The standard InChI is InChI=1S/C13H20ClN3/c1-2-17(10-11-5-3-4-7-16-11)13-6-8-15-9-12(13)14/h6,8-9,11,16H,2-5,7,10H2,1H3. The molecule has 3 nitrogen and oxygen atoms in total. The van der Waals surface area contributed by atoms with E-state index in [-0.39, 0.29) is 0 Å². The highest BCUT2D eigenvalue weighted by molar-refractivity contribution is 6.33. The van der Waals surface area contributed by atoms with Gasteiger partial charge in [-0.05, 0) is 32.4 Å². The van der Waals surface area contributed by atoms with Gasteiger partial charge in [0.1, 0.15) is 0 Å². The fourth-order valence-corrected chi connectivity index (χ4v) is 2.61. The third-order valence-electron chi connectivity index (χ3n) is 3.33. The second-order valence-electron chi connectivity index (χ2n) is 4.51. The molecule has 0 spiro atoms. The van der Waals surface area contributed by atoms with E-state index in [2.05, 4.69) is 22.1 Å². The number of nitrogens with one attached hydrogen (secondary N) is 1. The van der Waals surface area contributed by atoms with Crippen LogP contribution >= 0.6 is 11.6 Å². The first-order valence-electron chi connectivity index (χ1n) is 6.39. The van der Waals surface area contributed by atoms with Gasteiger partial charge in [-0.2, -0.15) is 0 Å². The molecule has 94 valence electrons. The molecule has 1 unspecified atom stereocenters. The molecule has 1 aliphatic rings. The summed E-state index contributed by atoms with van der Waals surface area (Å²) in [6.45, 7) is 5.31. The lowest BCUT2D eigenvalue weighted by Crippen LogP contribution is -2.43. The van der Waals surface area contributed by atoms with Gasteiger partial charge < -0.3 is 10.2 Å². The molecule has 2 rings (SSSR count). The number of nitrogens with zero attached hydrogens (tertiary/aromatic N) is 2. The maximum absolute atomic E-state index is 6.19. The number of hydrogen-bond acceptors (Lipinski definition) is 3. The van der Waals surface area contributed by atoms with Crippen LogP contribution < -0.4 is 10.2 Å². The first kappa shape index (κ1) is 12.7. The Balaban J connectivity index is 2.03. The molecular weight excluding hydrogens is 234 g/mol. The Bertz CT molecular complexity index is 350. The van der Waals surface area contributed by atoms with Crippen molar-refractivity contribution in [3.63, 3.8) is 0 Å². The molecular formula is C13H20ClN3. The zero-order chi connectivity index (χ0) is 12.1. The van der Waals surface area contributed by atoms with Gasteiger partial charge in [0.2, 0.25) is 0 Å². The van der Waals surface area contributed by atoms with E-state index in [1.807, 2.05) is 6.07 Å². The minimum atomic E-state index is 0.591. The number of anilines is 1. The van der Waals surface area contributed by atoms with Crippen molar-refractivity contribution >= 4 is 17.3 Å². The van der Waals surface area contributed by atoms with Gasteiger partial charge in [0.25, 0.3) is 0 Å². The maximum atomic E-state index is 6.19. The van der Waals surface area contributed by atoms with E-state index in [4.69, 9.17) is 11.6 Å². The van der Waals surface area contributed by atoms with Crippen LogP contribution in [0.3, 0.4) is 0 Å². The SMILES string of the molecule is CCN(CC1CCCCN1)c1ccncc1Cl. The highest BCUT2D eigenvalue weighted by Crippen LogP contribution is 2.24. The summed E-state index contributed by atoms with van der Waals surface area (Å²) in [6.07, 6.45) is 7.42. The van der Waals surface area contributed by atoms with Gasteiger partial charge in [-0.15, -0.1) is 0 Å². The molecule has 0 aliphatic carbocycles. The predicted molar refractivity (Wildman–Crippen MR) is 72.8 cm³/mol. The zero-order valence-electron chi connectivity index (χ0n) is 10.3. The number of rotatable bonds is 4. The predicted octanol–water partition coefficient (Wildman–Crippen LogP) is 2.70. The molecule has 0 aromatic carbocycles. The molecule has 2 heterocycles. The molecule has 1 N–H and O–H groups in total. The van der Waals surface area contributed by atoms with E-state index in [0.717, 1.165) is 30.3 Å². The molecule has 1 fully saturated rings. The van der Waals surface area contributed by atoms with Crippen LogP contribution in [0.5, 0.6) is 0 Å². The quantitative estimate of drug-likeness (QED) is 0.894. The molecule has 1 aliphatic heterocycles. The third-order valence-corrected chi connectivity index (χ3v) is 3.62. The van der Waals surface area contributed by atoms with Crippen LogP contribution in [0.4, 0.5) is 5.69 Å². The van der Waals surface area contributed by atoms with E-state index in [1.165, 1.54) is 19.3 Å². The number of aromatic nitrogens is 1. The fraction of sp³-hybridized carbons (Fsp3) is 0.615. The topological polar surface area (TPSA) is 28.2 Å². The molecule has 4 heteroatoms. The summed E-state index contributed by atoms with van der Waals surface area (Å²) in [5, 5.41) is 4.31. The second kappa shape index (κ2) is 6.22. The zero-order valence-corrected chi connectivity index (χ0v) is 11.1. The Hall–Kier alpha value is -0.800. The number of hydrogen-bond donors (Lipinski definition) is 1. The first-order chi connectivity index (χ1) is 8.31. The van der Waals surface area contributed by atoms with Crippen LogP contribution in [0.15, 0.2) is 18.5 Å². The molecule has 1 saturated heterocycles. The summed E-state index contributed by atoms with van der Waals surface area (Å²) < 4.78 is 0. The van der Waals surface area contributed by atoms with E-state index in [9.17, 15) is 0 Å². The van der Waals surface area contributed by atoms with Crippen molar-refractivity contribution in [2.24, 2.45) is 0 Å². The van der Waals surface area contributed by atoms with Crippen LogP contribution in [0.25, 0.3) is 0 Å². The van der Waals surface area contributed by atoms with Gasteiger partial charge in [-0.25, -0.2) is 0 Å². The van der Waals surface area contributed by atoms with Gasteiger partial charge in [0.15, 0.2) is 0 Å². The summed E-state index contributed by atoms with van der Waals surface area (Å²) in [7, 11) is 0. The highest BCUT2D eigenvalue weighted by Gasteiger charge is 2.17. The summed E-state index contributed by atoms with van der Waals surface area (Å²) in [5.74, 6) is 0. The van der Waals surface area contributed by atoms with Gasteiger partial charge in [-0.3, -0.25) is 4.98 Å². The second-order valence-corrected chi connectivity index (χ2v) is 4.92. The Kier molecular flexibility index (Phi) is 4.63. The Labute approximate surface area is 108 Å². The number of pyridine rings is 1. The summed E-state index contributed by atoms with van der Waals surface area (Å²) in [6, 6.07) is 2.59. The Morgan fingerprint density at radius 1 is 1.53 bits per heavy atom. The van der Waals surface area contributed by atoms with Gasteiger partial charge >= 0.3 is 0 Å². The summed E-state index contributed by atoms with van der Waals surface area (Å²) in [4.78, 5) is 6.36. The van der Waals surface area contributed by atoms with E-state index in [0.29, 0.717) is 6.04 Å². The van der Waals surface area contributed by atoms with Gasteiger partial charge in [-0.1, -0.05) is 18.0 Å². The van der Waals surface area contributed by atoms with Crippen molar-refractivity contribution in [2.45, 2.75) is 32.2 Å². The highest BCUT2D eigenvalue weighted by atomic mass is 35.5. The molecule has 0 bridgehead atoms.